The van der Waals surface area contributed by atoms with E-state index in [1.54, 1.807) is 6.08 Å². The Kier molecular flexibility index (Phi) is 6.70. The SMILES string of the molecule is C1=COON=C1.C1CCNCCNC1. The third-order valence-corrected chi connectivity index (χ3v) is 1.80. The molecule has 0 atom stereocenters. The van der Waals surface area contributed by atoms with Gasteiger partial charge in [-0.2, -0.15) is 4.99 Å². The Morgan fingerprint density at radius 3 is 2.07 bits per heavy atom. The topological polar surface area (TPSA) is 54.9 Å². The number of hydrogen-bond acceptors (Lipinski definition) is 5. The fourth-order valence-electron chi connectivity index (χ4n) is 1.10. The highest BCUT2D eigenvalue weighted by Crippen LogP contribution is 1.85. The standard InChI is InChI=1S/C6H14N2.C3H3NO2/c1-2-4-8-6-5-7-3-1;1-2-4-6-5-3-1/h7-8H,1-6H2;1-3H. The van der Waals surface area contributed by atoms with Gasteiger partial charge in [0.05, 0.1) is 6.21 Å². The molecule has 2 aliphatic rings. The van der Waals surface area contributed by atoms with Crippen molar-refractivity contribution in [3.05, 3.63) is 12.3 Å². The van der Waals surface area contributed by atoms with Crippen LogP contribution in [0.15, 0.2) is 17.5 Å². The van der Waals surface area contributed by atoms with Crippen molar-refractivity contribution in [3.8, 4) is 0 Å². The van der Waals surface area contributed by atoms with Crippen LogP contribution in [0.5, 0.6) is 0 Å². The second kappa shape index (κ2) is 8.52. The molecular formula is C9H17N3O2. The van der Waals surface area contributed by atoms with Crippen LogP contribution in [0.1, 0.15) is 12.8 Å². The molecule has 0 amide bonds. The molecule has 2 rings (SSSR count). The minimum absolute atomic E-state index is 1.14. The van der Waals surface area contributed by atoms with Gasteiger partial charge in [0, 0.05) is 13.1 Å². The molecular weight excluding hydrogens is 182 g/mol. The normalized spacial score (nSPS) is 20.6. The lowest BCUT2D eigenvalue weighted by molar-refractivity contribution is -0.251. The largest absolute Gasteiger partial charge is 0.315 e. The van der Waals surface area contributed by atoms with E-state index in [0.29, 0.717) is 0 Å². The lowest BCUT2D eigenvalue weighted by Gasteiger charge is -2.09. The van der Waals surface area contributed by atoms with Crippen molar-refractivity contribution in [2.45, 2.75) is 12.8 Å². The molecule has 0 aromatic carbocycles. The van der Waals surface area contributed by atoms with Crippen molar-refractivity contribution >= 4 is 6.21 Å². The minimum atomic E-state index is 1.14. The quantitative estimate of drug-likeness (QED) is 0.555. The van der Waals surface area contributed by atoms with Crippen LogP contribution in [0.25, 0.3) is 0 Å². The van der Waals surface area contributed by atoms with Crippen molar-refractivity contribution in [2.24, 2.45) is 5.16 Å². The minimum Gasteiger partial charge on any atom is -0.315 e. The van der Waals surface area contributed by atoms with Crippen LogP contribution in [-0.2, 0) is 9.88 Å². The van der Waals surface area contributed by atoms with Crippen molar-refractivity contribution < 1.29 is 9.88 Å². The Bertz CT molecular complexity index is 147. The molecule has 0 unspecified atom stereocenters. The number of oxime groups is 1. The molecule has 5 nitrogen and oxygen atoms in total. The highest BCUT2D eigenvalue weighted by molar-refractivity contribution is 5.70. The van der Waals surface area contributed by atoms with Crippen molar-refractivity contribution in [2.75, 3.05) is 26.2 Å². The molecule has 0 aromatic heterocycles. The molecule has 5 heteroatoms. The first-order valence-corrected chi connectivity index (χ1v) is 4.92. The summed E-state index contributed by atoms with van der Waals surface area (Å²) in [5.41, 5.74) is 0. The van der Waals surface area contributed by atoms with E-state index in [-0.39, 0.29) is 0 Å². The Morgan fingerprint density at radius 1 is 1.00 bits per heavy atom. The zero-order valence-electron chi connectivity index (χ0n) is 8.24. The molecule has 0 aliphatic carbocycles. The first-order valence-electron chi connectivity index (χ1n) is 4.92. The average molecular weight is 199 g/mol. The smallest absolute Gasteiger partial charge is 0.147 e. The van der Waals surface area contributed by atoms with E-state index in [0.717, 1.165) is 13.1 Å². The van der Waals surface area contributed by atoms with E-state index in [1.165, 1.54) is 38.4 Å². The van der Waals surface area contributed by atoms with Gasteiger partial charge < -0.3 is 10.6 Å². The number of rotatable bonds is 0. The van der Waals surface area contributed by atoms with E-state index < -0.39 is 0 Å². The van der Waals surface area contributed by atoms with Gasteiger partial charge >= 0.3 is 0 Å². The van der Waals surface area contributed by atoms with E-state index in [2.05, 4.69) is 25.7 Å². The molecule has 2 heterocycles. The fraction of sp³-hybridized carbons (Fsp3) is 0.667. The van der Waals surface area contributed by atoms with Crippen molar-refractivity contribution in [1.29, 1.82) is 0 Å². The zero-order chi connectivity index (χ0) is 9.90. The number of nitrogens with zero attached hydrogens (tertiary/aromatic N) is 1. The van der Waals surface area contributed by atoms with E-state index in [4.69, 9.17) is 0 Å². The van der Waals surface area contributed by atoms with Gasteiger partial charge in [-0.05, 0) is 37.2 Å². The van der Waals surface area contributed by atoms with Gasteiger partial charge in [-0.1, -0.05) is 0 Å². The molecule has 14 heavy (non-hydrogen) atoms. The summed E-state index contributed by atoms with van der Waals surface area (Å²) in [5.74, 6) is 0. The van der Waals surface area contributed by atoms with Gasteiger partial charge in [-0.15, -0.1) is 0 Å². The number of hydrogen-bond donors (Lipinski definition) is 2. The summed E-state index contributed by atoms with van der Waals surface area (Å²) in [6.45, 7) is 4.70. The summed E-state index contributed by atoms with van der Waals surface area (Å²) in [7, 11) is 0. The highest BCUT2D eigenvalue weighted by Gasteiger charge is 1.92. The summed E-state index contributed by atoms with van der Waals surface area (Å²) in [6.07, 6.45) is 7.17. The highest BCUT2D eigenvalue weighted by atomic mass is 17.3. The zero-order valence-corrected chi connectivity index (χ0v) is 8.24. The molecule has 80 valence electrons. The molecule has 0 bridgehead atoms. The van der Waals surface area contributed by atoms with Gasteiger partial charge in [0.25, 0.3) is 0 Å². The first-order chi connectivity index (χ1) is 7.00. The second-order valence-corrected chi connectivity index (χ2v) is 2.96. The lowest BCUT2D eigenvalue weighted by atomic mass is 10.3. The predicted octanol–water partition coefficient (Wildman–Crippen LogP) is 0.407. The maximum atomic E-state index is 4.19. The molecule has 0 saturated carbocycles. The Balaban J connectivity index is 0.000000146. The second-order valence-electron chi connectivity index (χ2n) is 2.96. The lowest BCUT2D eigenvalue weighted by Crippen LogP contribution is -2.31. The third-order valence-electron chi connectivity index (χ3n) is 1.80. The van der Waals surface area contributed by atoms with E-state index >= 15 is 0 Å². The van der Waals surface area contributed by atoms with Crippen LogP contribution in [0.2, 0.25) is 0 Å². The average Bonchev–Trinajstić information content (AvgIpc) is 2.20. The van der Waals surface area contributed by atoms with Crippen LogP contribution >= 0.6 is 0 Å². The van der Waals surface area contributed by atoms with Crippen LogP contribution in [0.3, 0.4) is 0 Å². The van der Waals surface area contributed by atoms with Gasteiger partial charge in [0.1, 0.15) is 6.26 Å². The van der Waals surface area contributed by atoms with Crippen LogP contribution in [0, 0.1) is 0 Å². The van der Waals surface area contributed by atoms with Crippen LogP contribution in [-0.4, -0.2) is 32.4 Å². The molecule has 2 aliphatic heterocycles. The Labute approximate surface area is 84.1 Å². The van der Waals surface area contributed by atoms with Gasteiger partial charge in [-0.25, -0.2) is 0 Å². The van der Waals surface area contributed by atoms with E-state index in [9.17, 15) is 0 Å². The fourth-order valence-corrected chi connectivity index (χ4v) is 1.10. The molecule has 0 aromatic rings. The van der Waals surface area contributed by atoms with Crippen LogP contribution < -0.4 is 10.6 Å². The van der Waals surface area contributed by atoms with Gasteiger partial charge in [0.2, 0.25) is 0 Å². The molecule has 2 N–H and O–H groups in total. The molecule has 0 radical (unpaired) electrons. The third kappa shape index (κ3) is 6.45. The summed E-state index contributed by atoms with van der Waals surface area (Å²) >= 11 is 0. The first kappa shape index (κ1) is 11.0. The van der Waals surface area contributed by atoms with Crippen molar-refractivity contribution in [3.63, 3.8) is 0 Å². The Morgan fingerprint density at radius 2 is 1.71 bits per heavy atom. The molecule has 1 fully saturated rings. The number of nitrogens with one attached hydrogen (secondary N) is 2. The predicted molar refractivity (Wildman–Crippen MR) is 54.8 cm³/mol. The van der Waals surface area contributed by atoms with E-state index in [1.807, 2.05) is 0 Å². The molecule has 1 saturated heterocycles. The van der Waals surface area contributed by atoms with Crippen molar-refractivity contribution in [1.82, 2.24) is 10.6 Å². The summed E-state index contributed by atoms with van der Waals surface area (Å²) < 4.78 is 0. The van der Waals surface area contributed by atoms with Gasteiger partial charge in [0.15, 0.2) is 0 Å². The van der Waals surface area contributed by atoms with Gasteiger partial charge in [-0.3, -0.25) is 4.89 Å². The maximum Gasteiger partial charge on any atom is 0.147 e. The maximum absolute atomic E-state index is 4.19. The summed E-state index contributed by atoms with van der Waals surface area (Å²) in [5, 5.41) is 9.89. The summed E-state index contributed by atoms with van der Waals surface area (Å²) in [4.78, 5) is 8.24. The molecule has 0 spiro atoms. The monoisotopic (exact) mass is 199 g/mol. The number of allylic oxidation sites excluding steroid dienone is 1. The summed E-state index contributed by atoms with van der Waals surface area (Å²) in [6, 6.07) is 0. The Hall–Kier alpha value is -1.07. The van der Waals surface area contributed by atoms with Crippen LogP contribution in [0.4, 0.5) is 0 Å².